The summed E-state index contributed by atoms with van der Waals surface area (Å²) in [6.45, 7) is 0.901. The maximum atomic E-state index is 13.5. The summed E-state index contributed by atoms with van der Waals surface area (Å²) in [5.74, 6) is -0.0436. The van der Waals surface area contributed by atoms with Crippen LogP contribution in [0.5, 0.6) is 11.5 Å². The minimum atomic E-state index is -0.588. The molecule has 0 spiro atoms. The monoisotopic (exact) mass is 323 g/mol. The number of rotatable bonds is 8. The van der Waals surface area contributed by atoms with Crippen LogP contribution < -0.4 is 14.8 Å². The van der Waals surface area contributed by atoms with E-state index in [-0.39, 0.29) is 19.8 Å². The highest BCUT2D eigenvalue weighted by Crippen LogP contribution is 2.28. The van der Waals surface area contributed by atoms with Crippen LogP contribution in [0.15, 0.2) is 36.4 Å². The van der Waals surface area contributed by atoms with E-state index in [2.05, 4.69) is 5.32 Å². The smallest absolute Gasteiger partial charge is 0.161 e. The first-order chi connectivity index (χ1) is 11.1. The van der Waals surface area contributed by atoms with E-state index in [1.54, 1.807) is 12.1 Å². The molecular weight excluding hydrogens is 304 g/mol. The summed E-state index contributed by atoms with van der Waals surface area (Å²) in [6.07, 6.45) is 0. The molecule has 23 heavy (non-hydrogen) atoms. The molecule has 6 heteroatoms. The molecule has 0 saturated carbocycles. The number of methoxy groups -OCH3 is 1. The van der Waals surface area contributed by atoms with Gasteiger partial charge >= 0.3 is 0 Å². The van der Waals surface area contributed by atoms with Crippen LogP contribution in [-0.4, -0.2) is 25.4 Å². The van der Waals surface area contributed by atoms with Crippen molar-refractivity contribution < 1.29 is 23.4 Å². The number of aliphatic hydroxyl groups is 1. The molecule has 0 aliphatic carbocycles. The fraction of sp³-hybridized carbons (Fsp3) is 0.294. The highest BCUT2D eigenvalue weighted by atomic mass is 19.1. The van der Waals surface area contributed by atoms with Gasteiger partial charge in [-0.3, -0.25) is 0 Å². The Labute approximate surface area is 133 Å². The Morgan fingerprint density at radius 3 is 2.57 bits per heavy atom. The molecule has 4 nitrogen and oxygen atoms in total. The van der Waals surface area contributed by atoms with Crippen LogP contribution in [0.2, 0.25) is 0 Å². The Bertz CT molecular complexity index is 650. The molecule has 0 amide bonds. The van der Waals surface area contributed by atoms with E-state index in [1.165, 1.54) is 19.2 Å². The van der Waals surface area contributed by atoms with Crippen LogP contribution in [0.25, 0.3) is 0 Å². The van der Waals surface area contributed by atoms with Crippen LogP contribution in [0.1, 0.15) is 11.1 Å². The molecule has 124 valence electrons. The lowest BCUT2D eigenvalue weighted by atomic mass is 10.1. The molecule has 0 atom stereocenters. The largest absolute Gasteiger partial charge is 0.493 e. The standard InChI is InChI=1S/C17H19F2NO3/c1-22-17-8-12(2-5-16(17)23-7-6-21)10-20-11-13-3-4-14(18)9-15(13)19/h2-5,8-9,20-21H,6-7,10-11H2,1H3. The predicted molar refractivity (Wildman–Crippen MR) is 82.5 cm³/mol. The van der Waals surface area contributed by atoms with Gasteiger partial charge in [-0.1, -0.05) is 12.1 Å². The third-order valence-electron chi connectivity index (χ3n) is 3.24. The molecule has 0 heterocycles. The Morgan fingerprint density at radius 1 is 1.04 bits per heavy atom. The average Bonchev–Trinajstić information content (AvgIpc) is 2.55. The summed E-state index contributed by atoms with van der Waals surface area (Å²) < 4.78 is 37.0. The van der Waals surface area contributed by atoms with Gasteiger partial charge in [0.1, 0.15) is 18.2 Å². The Balaban J connectivity index is 1.95. The van der Waals surface area contributed by atoms with E-state index in [9.17, 15) is 8.78 Å². The summed E-state index contributed by atoms with van der Waals surface area (Å²) in [5.41, 5.74) is 1.34. The minimum absolute atomic E-state index is 0.0737. The molecule has 0 aromatic heterocycles. The van der Waals surface area contributed by atoms with Gasteiger partial charge in [-0.25, -0.2) is 8.78 Å². The summed E-state index contributed by atoms with van der Waals surface area (Å²) >= 11 is 0. The fourth-order valence-electron chi connectivity index (χ4n) is 2.10. The van der Waals surface area contributed by atoms with Gasteiger partial charge in [0, 0.05) is 24.7 Å². The van der Waals surface area contributed by atoms with Crippen LogP contribution in [0.4, 0.5) is 8.78 Å². The van der Waals surface area contributed by atoms with Crippen molar-refractivity contribution in [2.75, 3.05) is 20.3 Å². The van der Waals surface area contributed by atoms with E-state index >= 15 is 0 Å². The molecule has 2 rings (SSSR count). The third-order valence-corrected chi connectivity index (χ3v) is 3.24. The van der Waals surface area contributed by atoms with Crippen molar-refractivity contribution in [1.29, 1.82) is 0 Å². The van der Waals surface area contributed by atoms with E-state index in [1.807, 2.05) is 6.07 Å². The van der Waals surface area contributed by atoms with E-state index in [0.717, 1.165) is 11.6 Å². The van der Waals surface area contributed by atoms with Gasteiger partial charge in [0.2, 0.25) is 0 Å². The molecule has 0 fully saturated rings. The van der Waals surface area contributed by atoms with Gasteiger partial charge in [-0.2, -0.15) is 0 Å². The summed E-state index contributed by atoms with van der Waals surface area (Å²) in [5, 5.41) is 11.9. The summed E-state index contributed by atoms with van der Waals surface area (Å²) in [7, 11) is 1.53. The normalized spacial score (nSPS) is 10.6. The van der Waals surface area contributed by atoms with Crippen LogP contribution in [0, 0.1) is 11.6 Å². The lowest BCUT2D eigenvalue weighted by Gasteiger charge is -2.12. The number of nitrogens with one attached hydrogen (secondary N) is 1. The van der Waals surface area contributed by atoms with Crippen LogP contribution in [0.3, 0.4) is 0 Å². The second-order valence-electron chi connectivity index (χ2n) is 4.90. The van der Waals surface area contributed by atoms with Crippen molar-refractivity contribution in [1.82, 2.24) is 5.32 Å². The van der Waals surface area contributed by atoms with Crippen molar-refractivity contribution in [3.8, 4) is 11.5 Å². The topological polar surface area (TPSA) is 50.7 Å². The van der Waals surface area contributed by atoms with Crippen LogP contribution in [-0.2, 0) is 13.1 Å². The van der Waals surface area contributed by atoms with Gasteiger partial charge < -0.3 is 19.9 Å². The zero-order chi connectivity index (χ0) is 16.7. The Hall–Kier alpha value is -2.18. The second-order valence-corrected chi connectivity index (χ2v) is 4.90. The number of halogens is 2. The van der Waals surface area contributed by atoms with Gasteiger partial charge in [-0.15, -0.1) is 0 Å². The molecular formula is C17H19F2NO3. The molecule has 0 saturated heterocycles. The number of hydrogen-bond acceptors (Lipinski definition) is 4. The molecule has 0 aliphatic heterocycles. The molecule has 2 aromatic carbocycles. The summed E-state index contributed by atoms with van der Waals surface area (Å²) in [6, 6.07) is 8.93. The zero-order valence-corrected chi connectivity index (χ0v) is 12.8. The summed E-state index contributed by atoms with van der Waals surface area (Å²) in [4.78, 5) is 0. The van der Waals surface area contributed by atoms with Crippen LogP contribution >= 0.6 is 0 Å². The van der Waals surface area contributed by atoms with Crippen molar-refractivity contribution in [3.63, 3.8) is 0 Å². The fourth-order valence-corrected chi connectivity index (χ4v) is 2.10. The lowest BCUT2D eigenvalue weighted by molar-refractivity contribution is 0.196. The number of ether oxygens (including phenoxy) is 2. The maximum absolute atomic E-state index is 13.5. The quantitative estimate of drug-likeness (QED) is 0.784. The van der Waals surface area contributed by atoms with Crippen molar-refractivity contribution in [2.24, 2.45) is 0 Å². The highest BCUT2D eigenvalue weighted by molar-refractivity contribution is 5.43. The van der Waals surface area contributed by atoms with E-state index in [4.69, 9.17) is 14.6 Å². The number of aliphatic hydroxyl groups excluding tert-OH is 1. The third kappa shape index (κ3) is 4.91. The van der Waals surface area contributed by atoms with Crippen molar-refractivity contribution in [2.45, 2.75) is 13.1 Å². The first kappa shape index (κ1) is 17.2. The first-order valence-corrected chi connectivity index (χ1v) is 7.19. The average molecular weight is 323 g/mol. The molecule has 0 radical (unpaired) electrons. The minimum Gasteiger partial charge on any atom is -0.493 e. The molecule has 0 aliphatic rings. The van der Waals surface area contributed by atoms with Crippen molar-refractivity contribution in [3.05, 3.63) is 59.2 Å². The van der Waals surface area contributed by atoms with Crippen molar-refractivity contribution >= 4 is 0 Å². The number of hydrogen-bond donors (Lipinski definition) is 2. The second kappa shape index (κ2) is 8.45. The van der Waals surface area contributed by atoms with E-state index < -0.39 is 11.6 Å². The lowest BCUT2D eigenvalue weighted by Crippen LogP contribution is -2.14. The molecule has 2 N–H and O–H groups in total. The SMILES string of the molecule is COc1cc(CNCc2ccc(F)cc2F)ccc1OCCO. The zero-order valence-electron chi connectivity index (χ0n) is 12.8. The Kier molecular flexibility index (Phi) is 6.31. The Morgan fingerprint density at radius 2 is 1.87 bits per heavy atom. The predicted octanol–water partition coefficient (Wildman–Crippen LogP) is 2.63. The highest BCUT2D eigenvalue weighted by Gasteiger charge is 2.07. The maximum Gasteiger partial charge on any atom is 0.161 e. The van der Waals surface area contributed by atoms with Gasteiger partial charge in [0.25, 0.3) is 0 Å². The van der Waals surface area contributed by atoms with E-state index in [0.29, 0.717) is 23.6 Å². The molecule has 2 aromatic rings. The molecule has 0 unspecified atom stereocenters. The first-order valence-electron chi connectivity index (χ1n) is 7.19. The molecule has 0 bridgehead atoms. The van der Waals surface area contributed by atoms with Gasteiger partial charge in [-0.05, 0) is 23.8 Å². The number of benzene rings is 2. The van der Waals surface area contributed by atoms with Gasteiger partial charge in [0.15, 0.2) is 11.5 Å². The van der Waals surface area contributed by atoms with Gasteiger partial charge in [0.05, 0.1) is 13.7 Å².